The largest absolute Gasteiger partial charge is 0.288 e. The lowest BCUT2D eigenvalue weighted by molar-refractivity contribution is 0.0998. The second kappa shape index (κ2) is 7.01. The van der Waals surface area contributed by atoms with Gasteiger partial charge in [0, 0.05) is 22.9 Å². The van der Waals surface area contributed by atoms with Gasteiger partial charge in [0.15, 0.2) is 5.25 Å². The Labute approximate surface area is 143 Å². The van der Waals surface area contributed by atoms with Crippen LogP contribution >= 0.6 is 0 Å². The smallest absolute Gasteiger partial charge is 0.215 e. The zero-order valence-corrected chi connectivity index (χ0v) is 15.0. The fraction of sp³-hybridized carbons (Fsp3) is 0.667. The minimum Gasteiger partial charge on any atom is -0.288 e. The van der Waals surface area contributed by atoms with Gasteiger partial charge >= 0.3 is 0 Å². The molecule has 1 aromatic rings. The first-order valence-electron chi connectivity index (χ1n) is 9.67. The third-order valence-corrected chi connectivity index (χ3v) is 9.70. The summed E-state index contributed by atoms with van der Waals surface area (Å²) in [5.41, 5.74) is 2.37. The Morgan fingerprint density at radius 1 is 0.783 bits per heavy atom. The third-order valence-electron chi connectivity index (χ3n) is 6.18. The zero-order chi connectivity index (χ0) is 15.6. The third kappa shape index (κ3) is 3.12. The van der Waals surface area contributed by atoms with Crippen molar-refractivity contribution < 1.29 is 4.79 Å². The summed E-state index contributed by atoms with van der Waals surface area (Å²) in [7, 11) is 0.321. The van der Waals surface area contributed by atoms with Crippen LogP contribution in [0, 0.1) is 0 Å². The van der Waals surface area contributed by atoms with Gasteiger partial charge in [0.25, 0.3) is 0 Å². The first-order chi connectivity index (χ1) is 11.3. The molecule has 1 unspecified atom stereocenters. The Balaban J connectivity index is 1.61. The minimum atomic E-state index is 0.318. The molecule has 3 aliphatic rings. The highest BCUT2D eigenvalue weighted by Gasteiger charge is 2.51. The van der Waals surface area contributed by atoms with E-state index in [0.29, 0.717) is 21.9 Å². The van der Waals surface area contributed by atoms with E-state index in [1.54, 1.807) is 0 Å². The quantitative estimate of drug-likeness (QED) is 0.707. The van der Waals surface area contributed by atoms with Gasteiger partial charge in [-0.1, -0.05) is 37.1 Å². The number of benzene rings is 1. The van der Waals surface area contributed by atoms with Crippen molar-refractivity contribution in [3.05, 3.63) is 35.4 Å². The Hall–Kier alpha value is -0.760. The molecule has 3 aliphatic carbocycles. The van der Waals surface area contributed by atoms with Gasteiger partial charge in [-0.15, -0.1) is 0 Å². The summed E-state index contributed by atoms with van der Waals surface area (Å²) in [5, 5.41) is 2.00. The summed E-state index contributed by atoms with van der Waals surface area (Å²) in [6, 6.07) is 8.41. The SMILES string of the molecule is O=C1c2ccccc2CC1[S+](C1CCCCC1)C1CCCCC1. The van der Waals surface area contributed by atoms with E-state index in [2.05, 4.69) is 18.2 Å². The summed E-state index contributed by atoms with van der Waals surface area (Å²) < 4.78 is 0. The molecule has 0 radical (unpaired) electrons. The van der Waals surface area contributed by atoms with Gasteiger partial charge in [0.2, 0.25) is 5.78 Å². The van der Waals surface area contributed by atoms with Crippen molar-refractivity contribution in [2.24, 2.45) is 0 Å². The normalized spacial score (nSPS) is 26.7. The molecule has 1 nitrogen and oxygen atoms in total. The number of Topliss-reactive ketones (excluding diaryl/α,β-unsaturated/α-hetero) is 1. The van der Waals surface area contributed by atoms with E-state index in [1.807, 2.05) is 6.07 Å². The first-order valence-corrected chi connectivity index (χ1v) is 11.1. The topological polar surface area (TPSA) is 17.1 Å². The van der Waals surface area contributed by atoms with Crippen molar-refractivity contribution in [1.29, 1.82) is 0 Å². The highest BCUT2D eigenvalue weighted by molar-refractivity contribution is 7.99. The molecule has 0 aliphatic heterocycles. The molecule has 2 saturated carbocycles. The molecule has 1 aromatic carbocycles. The summed E-state index contributed by atoms with van der Waals surface area (Å²) in [6.07, 6.45) is 15.0. The van der Waals surface area contributed by atoms with E-state index >= 15 is 0 Å². The summed E-state index contributed by atoms with van der Waals surface area (Å²) in [5.74, 6) is 0.486. The van der Waals surface area contributed by atoms with Gasteiger partial charge in [-0.05, 0) is 56.9 Å². The van der Waals surface area contributed by atoms with Crippen LogP contribution in [0.25, 0.3) is 0 Å². The van der Waals surface area contributed by atoms with Crippen molar-refractivity contribution in [1.82, 2.24) is 0 Å². The number of hydrogen-bond donors (Lipinski definition) is 0. The molecular formula is C21H29OS+. The van der Waals surface area contributed by atoms with Gasteiger partial charge in [-0.25, -0.2) is 0 Å². The van der Waals surface area contributed by atoms with E-state index in [-0.39, 0.29) is 0 Å². The van der Waals surface area contributed by atoms with Gasteiger partial charge in [-0.3, -0.25) is 4.79 Å². The molecule has 124 valence electrons. The standard InChI is InChI=1S/C21H29OS/c22-21-19-14-8-7-9-16(19)15-20(21)23(17-10-3-1-4-11-17)18-12-5-2-6-13-18/h7-9,14,17-18,20H,1-6,10-13,15H2/q+1. The molecule has 23 heavy (non-hydrogen) atoms. The summed E-state index contributed by atoms with van der Waals surface area (Å²) >= 11 is 0. The average molecular weight is 330 g/mol. The van der Waals surface area contributed by atoms with E-state index in [0.717, 1.165) is 22.5 Å². The van der Waals surface area contributed by atoms with Crippen molar-refractivity contribution in [2.75, 3.05) is 0 Å². The predicted octanol–water partition coefficient (Wildman–Crippen LogP) is 5.08. The van der Waals surface area contributed by atoms with E-state index in [9.17, 15) is 4.79 Å². The number of carbonyl (C=O) groups is 1. The number of ketones is 1. The molecule has 0 bridgehead atoms. The van der Waals surface area contributed by atoms with Crippen LogP contribution in [-0.4, -0.2) is 21.5 Å². The van der Waals surface area contributed by atoms with Crippen LogP contribution in [0.2, 0.25) is 0 Å². The molecule has 1 atom stereocenters. The number of carbonyl (C=O) groups excluding carboxylic acids is 1. The van der Waals surface area contributed by atoms with Crippen LogP contribution in [0.5, 0.6) is 0 Å². The van der Waals surface area contributed by atoms with Crippen molar-refractivity contribution >= 4 is 16.7 Å². The second-order valence-corrected chi connectivity index (χ2v) is 10.4. The summed E-state index contributed by atoms with van der Waals surface area (Å²) in [6.45, 7) is 0. The van der Waals surface area contributed by atoms with Crippen LogP contribution < -0.4 is 0 Å². The van der Waals surface area contributed by atoms with Crippen LogP contribution in [-0.2, 0) is 17.3 Å². The van der Waals surface area contributed by atoms with Crippen molar-refractivity contribution in [3.8, 4) is 0 Å². The highest BCUT2D eigenvalue weighted by atomic mass is 32.2. The van der Waals surface area contributed by atoms with Crippen LogP contribution in [0.4, 0.5) is 0 Å². The average Bonchev–Trinajstić information content (AvgIpc) is 2.94. The minimum absolute atomic E-state index is 0.318. The monoisotopic (exact) mass is 329 g/mol. The Morgan fingerprint density at radius 2 is 1.35 bits per heavy atom. The van der Waals surface area contributed by atoms with Gasteiger partial charge in [0.05, 0.1) is 0 Å². The van der Waals surface area contributed by atoms with Gasteiger partial charge < -0.3 is 0 Å². The maximum absolute atomic E-state index is 13.1. The number of fused-ring (bicyclic) bond motifs is 1. The van der Waals surface area contributed by atoms with Crippen LogP contribution in [0.15, 0.2) is 24.3 Å². The molecule has 2 heteroatoms. The second-order valence-electron chi connectivity index (χ2n) is 7.64. The molecular weight excluding hydrogens is 300 g/mol. The molecule has 0 heterocycles. The van der Waals surface area contributed by atoms with Gasteiger partial charge in [0.1, 0.15) is 10.5 Å². The fourth-order valence-electron chi connectivity index (χ4n) is 5.04. The number of hydrogen-bond acceptors (Lipinski definition) is 1. The lowest BCUT2D eigenvalue weighted by Gasteiger charge is -2.33. The predicted molar refractivity (Wildman–Crippen MR) is 99.4 cm³/mol. The van der Waals surface area contributed by atoms with Crippen molar-refractivity contribution in [2.45, 2.75) is 86.4 Å². The maximum Gasteiger partial charge on any atom is 0.215 e. The van der Waals surface area contributed by atoms with E-state index < -0.39 is 0 Å². The van der Waals surface area contributed by atoms with Crippen LogP contribution in [0.3, 0.4) is 0 Å². The zero-order valence-electron chi connectivity index (χ0n) is 14.1. The highest BCUT2D eigenvalue weighted by Crippen LogP contribution is 2.40. The summed E-state index contributed by atoms with van der Waals surface area (Å²) in [4.78, 5) is 13.1. The molecule has 0 aromatic heterocycles. The lowest BCUT2D eigenvalue weighted by Crippen LogP contribution is -2.45. The molecule has 0 N–H and O–H groups in total. The molecule has 2 fully saturated rings. The van der Waals surface area contributed by atoms with E-state index in [4.69, 9.17) is 0 Å². The lowest BCUT2D eigenvalue weighted by atomic mass is 10.00. The number of rotatable bonds is 3. The Morgan fingerprint density at radius 3 is 1.91 bits per heavy atom. The Kier molecular flexibility index (Phi) is 4.80. The first kappa shape index (κ1) is 15.7. The van der Waals surface area contributed by atoms with Crippen molar-refractivity contribution in [3.63, 3.8) is 0 Å². The van der Waals surface area contributed by atoms with E-state index in [1.165, 1.54) is 69.8 Å². The Bertz CT molecular complexity index is 537. The van der Waals surface area contributed by atoms with Crippen LogP contribution in [0.1, 0.15) is 80.1 Å². The van der Waals surface area contributed by atoms with Gasteiger partial charge in [-0.2, -0.15) is 0 Å². The molecule has 0 spiro atoms. The molecule has 0 amide bonds. The fourth-order valence-corrected chi connectivity index (χ4v) is 9.01. The molecule has 4 rings (SSSR count). The maximum atomic E-state index is 13.1. The molecule has 0 saturated heterocycles.